The molecule has 0 heteroatoms. The molecule has 0 nitrogen and oxygen atoms in total. The fourth-order valence-corrected chi connectivity index (χ4v) is 3.72. The predicted octanol–water partition coefficient (Wildman–Crippen LogP) is 5.90. The molecule has 2 aromatic rings. The standard InChI is InChI=1S/C22H22/c1-22(2,3)21-14-19-17(12-16-10-6-7-11-18(16)19)13-20(21)15-8-4-5-9-15/h4-8,10-11,13-14H,9,12H2,1-3H3. The van der Waals surface area contributed by atoms with Gasteiger partial charge in [-0.05, 0) is 63.3 Å². The lowest BCUT2D eigenvalue weighted by Gasteiger charge is -2.25. The molecule has 0 aliphatic heterocycles. The second-order valence-corrected chi connectivity index (χ2v) is 7.46. The van der Waals surface area contributed by atoms with Gasteiger partial charge in [0.05, 0.1) is 0 Å². The molecule has 0 radical (unpaired) electrons. The summed E-state index contributed by atoms with van der Waals surface area (Å²) >= 11 is 0. The number of hydrogen-bond acceptors (Lipinski definition) is 0. The molecule has 110 valence electrons. The number of rotatable bonds is 1. The van der Waals surface area contributed by atoms with Crippen LogP contribution in [0.1, 0.15) is 49.4 Å². The molecule has 0 N–H and O–H groups in total. The second kappa shape index (κ2) is 4.71. The monoisotopic (exact) mass is 286 g/mol. The molecule has 0 heterocycles. The van der Waals surface area contributed by atoms with Crippen molar-refractivity contribution in [2.24, 2.45) is 0 Å². The summed E-state index contributed by atoms with van der Waals surface area (Å²) in [5.74, 6) is 0. The van der Waals surface area contributed by atoms with Gasteiger partial charge < -0.3 is 0 Å². The Morgan fingerprint density at radius 1 is 0.864 bits per heavy atom. The summed E-state index contributed by atoms with van der Waals surface area (Å²) in [5, 5.41) is 0. The number of benzene rings is 2. The van der Waals surface area contributed by atoms with E-state index in [2.05, 4.69) is 75.4 Å². The molecule has 0 aromatic heterocycles. The lowest BCUT2D eigenvalue weighted by molar-refractivity contribution is 0.588. The van der Waals surface area contributed by atoms with Crippen LogP contribution < -0.4 is 0 Å². The average molecular weight is 286 g/mol. The van der Waals surface area contributed by atoms with E-state index in [9.17, 15) is 0 Å². The Morgan fingerprint density at radius 3 is 2.41 bits per heavy atom. The lowest BCUT2D eigenvalue weighted by atomic mass is 9.79. The van der Waals surface area contributed by atoms with Crippen molar-refractivity contribution in [2.75, 3.05) is 0 Å². The molecular weight excluding hydrogens is 264 g/mol. The molecule has 2 aliphatic carbocycles. The van der Waals surface area contributed by atoms with Crippen LogP contribution in [0.25, 0.3) is 16.7 Å². The first-order valence-electron chi connectivity index (χ1n) is 8.16. The van der Waals surface area contributed by atoms with Crippen molar-refractivity contribution in [3.8, 4) is 11.1 Å². The van der Waals surface area contributed by atoms with Crippen molar-refractivity contribution in [2.45, 2.75) is 39.0 Å². The van der Waals surface area contributed by atoms with Crippen LogP contribution >= 0.6 is 0 Å². The minimum atomic E-state index is 0.158. The van der Waals surface area contributed by atoms with Gasteiger partial charge in [-0.2, -0.15) is 0 Å². The highest BCUT2D eigenvalue weighted by molar-refractivity contribution is 5.83. The first-order chi connectivity index (χ1) is 10.5. The van der Waals surface area contributed by atoms with E-state index >= 15 is 0 Å². The minimum Gasteiger partial charge on any atom is -0.0801 e. The summed E-state index contributed by atoms with van der Waals surface area (Å²) in [7, 11) is 0. The fourth-order valence-electron chi connectivity index (χ4n) is 3.72. The maximum Gasteiger partial charge on any atom is -0.00132 e. The highest BCUT2D eigenvalue weighted by Gasteiger charge is 2.26. The molecule has 0 spiro atoms. The summed E-state index contributed by atoms with van der Waals surface area (Å²) in [6.45, 7) is 6.96. The molecule has 0 bridgehead atoms. The zero-order valence-electron chi connectivity index (χ0n) is 13.6. The van der Waals surface area contributed by atoms with E-state index in [0.29, 0.717) is 0 Å². The van der Waals surface area contributed by atoms with Crippen LogP contribution in [0.15, 0.2) is 54.6 Å². The van der Waals surface area contributed by atoms with Gasteiger partial charge in [-0.1, -0.05) is 69.3 Å². The topological polar surface area (TPSA) is 0 Å². The first-order valence-corrected chi connectivity index (χ1v) is 8.16. The van der Waals surface area contributed by atoms with Gasteiger partial charge in [0.25, 0.3) is 0 Å². The van der Waals surface area contributed by atoms with Crippen LogP contribution in [0.4, 0.5) is 0 Å². The van der Waals surface area contributed by atoms with Crippen molar-refractivity contribution in [3.63, 3.8) is 0 Å². The molecule has 0 saturated heterocycles. The Morgan fingerprint density at radius 2 is 1.68 bits per heavy atom. The van der Waals surface area contributed by atoms with Crippen LogP contribution in [0, 0.1) is 0 Å². The highest BCUT2D eigenvalue weighted by Crippen LogP contribution is 2.43. The van der Waals surface area contributed by atoms with Crippen LogP contribution in [-0.4, -0.2) is 0 Å². The first kappa shape index (κ1) is 13.6. The zero-order valence-corrected chi connectivity index (χ0v) is 13.6. The fraction of sp³-hybridized carbons (Fsp3) is 0.273. The van der Waals surface area contributed by atoms with Crippen LogP contribution in [0.5, 0.6) is 0 Å². The van der Waals surface area contributed by atoms with E-state index in [0.717, 1.165) is 12.8 Å². The number of fused-ring (bicyclic) bond motifs is 3. The lowest BCUT2D eigenvalue weighted by Crippen LogP contribution is -2.14. The van der Waals surface area contributed by atoms with Gasteiger partial charge in [-0.15, -0.1) is 0 Å². The summed E-state index contributed by atoms with van der Waals surface area (Å²) in [6.07, 6.45) is 8.85. The Kier molecular flexibility index (Phi) is 2.91. The van der Waals surface area contributed by atoms with E-state index in [1.165, 1.54) is 39.0 Å². The molecular formula is C22H22. The van der Waals surface area contributed by atoms with E-state index < -0.39 is 0 Å². The molecule has 0 amide bonds. The average Bonchev–Trinajstić information content (AvgIpc) is 3.12. The van der Waals surface area contributed by atoms with Crippen molar-refractivity contribution >= 4 is 5.57 Å². The van der Waals surface area contributed by atoms with Crippen molar-refractivity contribution in [3.05, 3.63) is 76.9 Å². The Hall–Kier alpha value is -2.08. The zero-order chi connectivity index (χ0) is 15.3. The molecule has 0 unspecified atom stereocenters. The third-order valence-electron chi connectivity index (χ3n) is 4.86. The number of hydrogen-bond donors (Lipinski definition) is 0. The second-order valence-electron chi connectivity index (χ2n) is 7.46. The molecule has 4 rings (SSSR count). The Balaban J connectivity index is 1.94. The van der Waals surface area contributed by atoms with E-state index in [1.54, 1.807) is 0 Å². The van der Waals surface area contributed by atoms with E-state index in [4.69, 9.17) is 0 Å². The number of allylic oxidation sites excluding steroid dienone is 4. The molecule has 2 aliphatic rings. The third kappa shape index (κ3) is 2.06. The molecule has 0 saturated carbocycles. The van der Waals surface area contributed by atoms with Gasteiger partial charge in [0.2, 0.25) is 0 Å². The van der Waals surface area contributed by atoms with Crippen LogP contribution in [0.2, 0.25) is 0 Å². The normalized spacial score (nSPS) is 15.7. The van der Waals surface area contributed by atoms with Crippen molar-refractivity contribution in [1.29, 1.82) is 0 Å². The Bertz CT molecular complexity index is 810. The van der Waals surface area contributed by atoms with Gasteiger partial charge in [-0.25, -0.2) is 0 Å². The van der Waals surface area contributed by atoms with Crippen LogP contribution in [-0.2, 0) is 11.8 Å². The molecule has 22 heavy (non-hydrogen) atoms. The smallest absolute Gasteiger partial charge is 0.00132 e. The summed E-state index contributed by atoms with van der Waals surface area (Å²) < 4.78 is 0. The summed E-state index contributed by atoms with van der Waals surface area (Å²) in [6, 6.07) is 13.7. The van der Waals surface area contributed by atoms with Gasteiger partial charge in [0.1, 0.15) is 0 Å². The predicted molar refractivity (Wildman–Crippen MR) is 95.1 cm³/mol. The largest absolute Gasteiger partial charge is 0.0801 e. The SMILES string of the molecule is CC(C)(C)c1cc2c(cc1C1=CC=CC1)Cc1ccccc1-2. The van der Waals surface area contributed by atoms with E-state index in [-0.39, 0.29) is 5.41 Å². The van der Waals surface area contributed by atoms with Crippen molar-refractivity contribution < 1.29 is 0 Å². The summed E-state index contributed by atoms with van der Waals surface area (Å²) in [5.41, 5.74) is 10.4. The van der Waals surface area contributed by atoms with Crippen molar-refractivity contribution in [1.82, 2.24) is 0 Å². The highest BCUT2D eigenvalue weighted by atomic mass is 14.3. The molecule has 0 fully saturated rings. The maximum atomic E-state index is 2.45. The van der Waals surface area contributed by atoms with Gasteiger partial charge in [0, 0.05) is 0 Å². The molecule has 0 atom stereocenters. The third-order valence-corrected chi connectivity index (χ3v) is 4.86. The Labute approximate surface area is 133 Å². The van der Waals surface area contributed by atoms with Crippen LogP contribution in [0.3, 0.4) is 0 Å². The maximum absolute atomic E-state index is 2.45. The minimum absolute atomic E-state index is 0.158. The quantitative estimate of drug-likeness (QED) is 0.522. The molecule has 2 aromatic carbocycles. The van der Waals surface area contributed by atoms with E-state index in [1.807, 2.05) is 0 Å². The van der Waals surface area contributed by atoms with Gasteiger partial charge in [-0.3, -0.25) is 0 Å². The summed E-state index contributed by atoms with van der Waals surface area (Å²) in [4.78, 5) is 0. The van der Waals surface area contributed by atoms with Gasteiger partial charge >= 0.3 is 0 Å². The van der Waals surface area contributed by atoms with Gasteiger partial charge in [0.15, 0.2) is 0 Å².